The van der Waals surface area contributed by atoms with Gasteiger partial charge in [-0.1, -0.05) is 50.3 Å². The predicted molar refractivity (Wildman–Crippen MR) is 109 cm³/mol. The minimum absolute atomic E-state index is 0.238. The summed E-state index contributed by atoms with van der Waals surface area (Å²) in [6.45, 7) is 1.00. The number of benzene rings is 2. The van der Waals surface area contributed by atoms with Crippen molar-refractivity contribution in [2.75, 3.05) is 6.54 Å². The van der Waals surface area contributed by atoms with Crippen LogP contribution in [0.4, 0.5) is 13.2 Å². The van der Waals surface area contributed by atoms with Crippen LogP contribution in [0.15, 0.2) is 42.7 Å². The lowest BCUT2D eigenvalue weighted by Gasteiger charge is -2.21. The summed E-state index contributed by atoms with van der Waals surface area (Å²) in [5.41, 5.74) is 2.63. The molecule has 0 spiro atoms. The number of halogens is 3. The fraction of sp³-hybridized carbons (Fsp3) is 0.435. The average molecular weight is 401 g/mol. The Balaban J connectivity index is 1.48. The smallest absolute Gasteiger partial charge is 0.345 e. The first kappa shape index (κ1) is 20.0. The summed E-state index contributed by atoms with van der Waals surface area (Å²) >= 11 is 0. The van der Waals surface area contributed by atoms with Gasteiger partial charge in [0.2, 0.25) is 0 Å². The third-order valence-corrected chi connectivity index (χ3v) is 5.94. The fourth-order valence-corrected chi connectivity index (χ4v) is 4.29. The third kappa shape index (κ3) is 4.81. The molecule has 154 valence electrons. The van der Waals surface area contributed by atoms with Crippen molar-refractivity contribution in [2.24, 2.45) is 5.92 Å². The molecule has 6 heteroatoms. The van der Waals surface area contributed by atoms with Gasteiger partial charge in [-0.2, -0.15) is 13.2 Å². The van der Waals surface area contributed by atoms with Gasteiger partial charge < -0.3 is 10.3 Å². The number of imidazole rings is 1. The maximum Gasteiger partial charge on any atom is 0.416 e. The summed E-state index contributed by atoms with van der Waals surface area (Å²) in [6, 6.07) is 10.1. The molecule has 0 bridgehead atoms. The normalized spacial score (nSPS) is 15.8. The Hall–Kier alpha value is -2.34. The van der Waals surface area contributed by atoms with E-state index >= 15 is 0 Å². The molecule has 0 aliphatic heterocycles. The number of aromatic nitrogens is 2. The van der Waals surface area contributed by atoms with Crippen molar-refractivity contribution in [3.05, 3.63) is 53.9 Å². The van der Waals surface area contributed by atoms with Gasteiger partial charge in [0, 0.05) is 6.54 Å². The molecule has 2 N–H and O–H groups in total. The molecule has 0 amide bonds. The van der Waals surface area contributed by atoms with E-state index in [0.717, 1.165) is 35.5 Å². The van der Waals surface area contributed by atoms with Gasteiger partial charge in [-0.15, -0.1) is 0 Å². The van der Waals surface area contributed by atoms with E-state index in [-0.39, 0.29) is 6.54 Å². The van der Waals surface area contributed by atoms with Crippen molar-refractivity contribution in [3.63, 3.8) is 0 Å². The second-order valence-corrected chi connectivity index (χ2v) is 7.97. The van der Waals surface area contributed by atoms with Crippen LogP contribution in [0.2, 0.25) is 0 Å². The maximum absolute atomic E-state index is 13.7. The Labute approximate surface area is 168 Å². The van der Waals surface area contributed by atoms with Crippen molar-refractivity contribution in [2.45, 2.75) is 51.2 Å². The first-order chi connectivity index (χ1) is 14.0. The Morgan fingerprint density at radius 1 is 1.00 bits per heavy atom. The zero-order valence-corrected chi connectivity index (χ0v) is 16.4. The van der Waals surface area contributed by atoms with Gasteiger partial charge in [0.1, 0.15) is 0 Å². The van der Waals surface area contributed by atoms with Crippen molar-refractivity contribution < 1.29 is 13.2 Å². The minimum atomic E-state index is -4.38. The third-order valence-electron chi connectivity index (χ3n) is 5.94. The van der Waals surface area contributed by atoms with Gasteiger partial charge in [-0.25, -0.2) is 4.98 Å². The second-order valence-electron chi connectivity index (χ2n) is 7.97. The summed E-state index contributed by atoms with van der Waals surface area (Å²) in [4.78, 5) is 7.16. The van der Waals surface area contributed by atoms with Gasteiger partial charge in [0.05, 0.1) is 22.9 Å². The van der Waals surface area contributed by atoms with Crippen LogP contribution in [0.5, 0.6) is 0 Å². The largest absolute Gasteiger partial charge is 0.416 e. The van der Waals surface area contributed by atoms with E-state index in [0.29, 0.717) is 11.1 Å². The zero-order chi connectivity index (χ0) is 20.3. The van der Waals surface area contributed by atoms with E-state index < -0.39 is 11.7 Å². The summed E-state index contributed by atoms with van der Waals surface area (Å²) in [7, 11) is 0. The monoisotopic (exact) mass is 401 g/mol. The Morgan fingerprint density at radius 3 is 2.55 bits per heavy atom. The van der Waals surface area contributed by atoms with Crippen molar-refractivity contribution >= 4 is 11.0 Å². The van der Waals surface area contributed by atoms with Crippen molar-refractivity contribution in [3.8, 4) is 11.1 Å². The molecule has 1 aromatic heterocycles. The quantitative estimate of drug-likeness (QED) is 0.475. The lowest BCUT2D eigenvalue weighted by Crippen LogP contribution is -2.21. The SMILES string of the molecule is FC(F)(F)c1cc(-c2ccc3nc[nH]c3c2)ccc1CNCCC1CCCCC1. The van der Waals surface area contributed by atoms with Gasteiger partial charge in [-0.3, -0.25) is 0 Å². The highest BCUT2D eigenvalue weighted by molar-refractivity contribution is 5.81. The van der Waals surface area contributed by atoms with E-state index in [2.05, 4.69) is 15.3 Å². The fourth-order valence-electron chi connectivity index (χ4n) is 4.29. The Morgan fingerprint density at radius 2 is 1.76 bits per heavy atom. The van der Waals surface area contributed by atoms with E-state index in [4.69, 9.17) is 0 Å². The van der Waals surface area contributed by atoms with E-state index in [1.807, 2.05) is 12.1 Å². The Kier molecular flexibility index (Phi) is 5.90. The van der Waals surface area contributed by atoms with Crippen LogP contribution in [0.3, 0.4) is 0 Å². The number of alkyl halides is 3. The average Bonchev–Trinajstić information content (AvgIpc) is 3.19. The summed E-state index contributed by atoms with van der Waals surface area (Å²) in [5, 5.41) is 3.23. The van der Waals surface area contributed by atoms with Crippen LogP contribution >= 0.6 is 0 Å². The van der Waals surface area contributed by atoms with E-state index in [1.165, 1.54) is 38.2 Å². The number of rotatable bonds is 6. The Bertz CT molecular complexity index is 955. The standard InChI is InChI=1S/C23H26F3N3/c24-23(25,26)20-12-17(18-8-9-21-22(13-18)29-15-28-21)6-7-19(20)14-27-11-10-16-4-2-1-3-5-16/h6-9,12-13,15-16,27H,1-5,10-11,14H2,(H,28,29). The van der Waals surface area contributed by atoms with Crippen molar-refractivity contribution in [1.29, 1.82) is 0 Å². The minimum Gasteiger partial charge on any atom is -0.345 e. The van der Waals surface area contributed by atoms with Crippen LogP contribution in [0, 0.1) is 5.92 Å². The van der Waals surface area contributed by atoms with Gasteiger partial charge >= 0.3 is 6.18 Å². The lowest BCUT2D eigenvalue weighted by atomic mass is 9.87. The molecule has 4 rings (SSSR count). The van der Waals surface area contributed by atoms with Gasteiger partial charge in [0.15, 0.2) is 0 Å². The highest BCUT2D eigenvalue weighted by Crippen LogP contribution is 2.35. The van der Waals surface area contributed by atoms with Crippen LogP contribution in [-0.2, 0) is 12.7 Å². The number of H-pyrrole nitrogens is 1. The number of nitrogens with one attached hydrogen (secondary N) is 2. The van der Waals surface area contributed by atoms with E-state index in [9.17, 15) is 13.2 Å². The highest BCUT2D eigenvalue weighted by Gasteiger charge is 2.33. The van der Waals surface area contributed by atoms with Gasteiger partial charge in [0.25, 0.3) is 0 Å². The number of hydrogen-bond acceptors (Lipinski definition) is 2. The van der Waals surface area contributed by atoms with Gasteiger partial charge in [-0.05, 0) is 53.8 Å². The first-order valence-corrected chi connectivity index (χ1v) is 10.3. The van der Waals surface area contributed by atoms with Crippen LogP contribution in [0.25, 0.3) is 22.2 Å². The molecule has 1 saturated carbocycles. The summed E-state index contributed by atoms with van der Waals surface area (Å²) in [5.74, 6) is 0.720. The topological polar surface area (TPSA) is 40.7 Å². The molecule has 1 fully saturated rings. The molecule has 1 aliphatic carbocycles. The molecule has 0 saturated heterocycles. The molecular weight excluding hydrogens is 375 g/mol. The number of fused-ring (bicyclic) bond motifs is 1. The molecular formula is C23H26F3N3. The number of nitrogens with zero attached hydrogens (tertiary/aromatic N) is 1. The van der Waals surface area contributed by atoms with E-state index in [1.54, 1.807) is 24.5 Å². The molecule has 2 aromatic carbocycles. The molecule has 0 radical (unpaired) electrons. The van der Waals surface area contributed by atoms with Crippen LogP contribution in [-0.4, -0.2) is 16.5 Å². The molecule has 0 atom stereocenters. The highest BCUT2D eigenvalue weighted by atomic mass is 19.4. The summed E-state index contributed by atoms with van der Waals surface area (Å²) in [6.07, 6.45) is 4.65. The molecule has 3 aromatic rings. The first-order valence-electron chi connectivity index (χ1n) is 10.3. The zero-order valence-electron chi connectivity index (χ0n) is 16.4. The molecule has 3 nitrogen and oxygen atoms in total. The number of hydrogen-bond donors (Lipinski definition) is 2. The number of aromatic amines is 1. The maximum atomic E-state index is 13.7. The second kappa shape index (κ2) is 8.57. The van der Waals surface area contributed by atoms with Crippen molar-refractivity contribution in [1.82, 2.24) is 15.3 Å². The predicted octanol–water partition coefficient (Wildman–Crippen LogP) is 6.31. The van der Waals surface area contributed by atoms with Crippen LogP contribution in [0.1, 0.15) is 49.7 Å². The van der Waals surface area contributed by atoms with Crippen LogP contribution < -0.4 is 5.32 Å². The molecule has 1 heterocycles. The molecule has 29 heavy (non-hydrogen) atoms. The summed E-state index contributed by atoms with van der Waals surface area (Å²) < 4.78 is 41.1. The lowest BCUT2D eigenvalue weighted by molar-refractivity contribution is -0.138. The molecule has 0 unspecified atom stereocenters. The molecule has 1 aliphatic rings.